The van der Waals surface area contributed by atoms with E-state index in [1.54, 1.807) is 26.8 Å². The first-order valence-corrected chi connectivity index (χ1v) is 12.3. The van der Waals surface area contributed by atoms with E-state index in [-0.39, 0.29) is 5.75 Å². The van der Waals surface area contributed by atoms with E-state index in [2.05, 4.69) is 29.3 Å². The Morgan fingerprint density at radius 1 is 1.03 bits per heavy atom. The average Bonchev–Trinajstić information content (AvgIpc) is 2.78. The maximum atomic E-state index is 13.7. The van der Waals surface area contributed by atoms with Crippen LogP contribution in [0.25, 0.3) is 0 Å². The van der Waals surface area contributed by atoms with Gasteiger partial charge in [-0.2, -0.15) is 12.6 Å². The van der Waals surface area contributed by atoms with E-state index in [9.17, 15) is 14.4 Å². The number of ether oxygens (including phenoxy) is 1. The molecule has 0 aliphatic carbocycles. The minimum Gasteiger partial charge on any atom is -0.444 e. The molecule has 192 valence electrons. The highest BCUT2D eigenvalue weighted by molar-refractivity contribution is 7.80. The van der Waals surface area contributed by atoms with Crippen LogP contribution in [0.3, 0.4) is 0 Å². The third-order valence-electron chi connectivity index (χ3n) is 5.63. The highest BCUT2D eigenvalue weighted by atomic mass is 32.1. The van der Waals surface area contributed by atoms with Gasteiger partial charge in [-0.15, -0.1) is 0 Å². The van der Waals surface area contributed by atoms with Crippen LogP contribution < -0.4 is 10.6 Å². The van der Waals surface area contributed by atoms with E-state index < -0.39 is 35.6 Å². The van der Waals surface area contributed by atoms with Crippen LogP contribution >= 0.6 is 12.6 Å². The first kappa shape index (κ1) is 28.8. The van der Waals surface area contributed by atoms with Crippen molar-refractivity contribution in [2.24, 2.45) is 0 Å². The maximum absolute atomic E-state index is 13.7. The molecule has 0 radical (unpaired) electrons. The normalized spacial score (nSPS) is 12.6. The first-order valence-electron chi connectivity index (χ1n) is 11.6. The van der Waals surface area contributed by atoms with E-state index in [4.69, 9.17) is 11.2 Å². The number of nitrogens with zero attached hydrogens (tertiary/aromatic N) is 1. The second-order valence-electron chi connectivity index (χ2n) is 9.72. The fourth-order valence-corrected chi connectivity index (χ4v) is 3.87. The molecular formula is C28H35N3O4S. The SMILES string of the molecule is C#CN(C(=O)C(CS)NC(=O)OC(C)(C)C)C(C(=O)Nc1c(C)cccc1C)c1ccc(C)c(C)c1. The molecule has 3 amide bonds. The number of hydrogen-bond donors (Lipinski definition) is 3. The fraction of sp³-hybridized carbons (Fsp3) is 0.393. The smallest absolute Gasteiger partial charge is 0.408 e. The second-order valence-corrected chi connectivity index (χ2v) is 10.1. The van der Waals surface area contributed by atoms with Crippen molar-refractivity contribution in [2.75, 3.05) is 11.1 Å². The van der Waals surface area contributed by atoms with Crippen LogP contribution in [0.5, 0.6) is 0 Å². The van der Waals surface area contributed by atoms with Crippen molar-refractivity contribution in [1.82, 2.24) is 10.2 Å². The number of amides is 3. The predicted molar refractivity (Wildman–Crippen MR) is 146 cm³/mol. The van der Waals surface area contributed by atoms with Crippen molar-refractivity contribution >= 4 is 36.2 Å². The van der Waals surface area contributed by atoms with Crippen molar-refractivity contribution in [3.8, 4) is 12.5 Å². The molecule has 36 heavy (non-hydrogen) atoms. The molecule has 0 spiro atoms. The summed E-state index contributed by atoms with van der Waals surface area (Å²) in [5.41, 5.74) is 4.17. The number of aryl methyl sites for hydroxylation is 4. The van der Waals surface area contributed by atoms with Gasteiger partial charge in [0.15, 0.2) is 0 Å². The van der Waals surface area contributed by atoms with Gasteiger partial charge in [0, 0.05) is 17.5 Å². The van der Waals surface area contributed by atoms with Crippen molar-refractivity contribution < 1.29 is 19.1 Å². The Bertz CT molecular complexity index is 1160. The Morgan fingerprint density at radius 3 is 2.14 bits per heavy atom. The highest BCUT2D eigenvalue weighted by Crippen LogP contribution is 2.28. The molecule has 0 aliphatic rings. The molecule has 2 aromatic rings. The minimum atomic E-state index is -1.15. The van der Waals surface area contributed by atoms with Crippen molar-refractivity contribution in [3.05, 3.63) is 64.2 Å². The van der Waals surface area contributed by atoms with Crippen molar-refractivity contribution in [3.63, 3.8) is 0 Å². The molecule has 8 heteroatoms. The second kappa shape index (κ2) is 12.0. The molecule has 2 aromatic carbocycles. The molecule has 7 nitrogen and oxygen atoms in total. The maximum Gasteiger partial charge on any atom is 0.408 e. The third-order valence-corrected chi connectivity index (χ3v) is 6.00. The van der Waals surface area contributed by atoms with Crippen LogP contribution in [-0.2, 0) is 14.3 Å². The van der Waals surface area contributed by atoms with E-state index >= 15 is 0 Å². The summed E-state index contributed by atoms with van der Waals surface area (Å²) >= 11 is 4.23. The van der Waals surface area contributed by atoms with Crippen LogP contribution in [0.4, 0.5) is 10.5 Å². The van der Waals surface area contributed by atoms with Gasteiger partial charge in [0.25, 0.3) is 11.8 Å². The predicted octanol–water partition coefficient (Wildman–Crippen LogP) is 4.84. The van der Waals surface area contributed by atoms with Gasteiger partial charge >= 0.3 is 6.09 Å². The summed E-state index contributed by atoms with van der Waals surface area (Å²) in [5.74, 6) is -1.18. The lowest BCUT2D eigenvalue weighted by molar-refractivity contribution is -0.136. The van der Waals surface area contributed by atoms with Crippen LogP contribution in [0.1, 0.15) is 54.6 Å². The summed E-state index contributed by atoms with van der Waals surface area (Å²) in [5, 5.41) is 5.47. The molecule has 0 aromatic heterocycles. The van der Waals surface area contributed by atoms with Gasteiger partial charge in [-0.25, -0.2) is 4.79 Å². The van der Waals surface area contributed by atoms with Gasteiger partial charge < -0.3 is 15.4 Å². The Balaban J connectivity index is 2.49. The van der Waals surface area contributed by atoms with Crippen LogP contribution in [0.15, 0.2) is 36.4 Å². The van der Waals surface area contributed by atoms with Crippen molar-refractivity contribution in [1.29, 1.82) is 0 Å². The van der Waals surface area contributed by atoms with Gasteiger partial charge in [0.2, 0.25) is 0 Å². The molecule has 0 fully saturated rings. The summed E-state index contributed by atoms with van der Waals surface area (Å²) in [4.78, 5) is 40.6. The van der Waals surface area contributed by atoms with E-state index in [1.165, 1.54) is 0 Å². The van der Waals surface area contributed by atoms with E-state index in [0.717, 1.165) is 27.2 Å². The van der Waals surface area contributed by atoms with E-state index in [1.807, 2.05) is 58.0 Å². The summed E-state index contributed by atoms with van der Waals surface area (Å²) < 4.78 is 5.27. The molecule has 0 saturated heterocycles. The van der Waals surface area contributed by atoms with Gasteiger partial charge in [0.05, 0.1) is 0 Å². The number of para-hydroxylation sites is 1. The number of anilines is 1. The molecular weight excluding hydrogens is 474 g/mol. The average molecular weight is 510 g/mol. The first-order chi connectivity index (χ1) is 16.8. The zero-order valence-corrected chi connectivity index (χ0v) is 22.8. The molecule has 2 atom stereocenters. The molecule has 2 rings (SSSR count). The Labute approximate surface area is 219 Å². The van der Waals surface area contributed by atoms with Gasteiger partial charge in [0.1, 0.15) is 17.7 Å². The summed E-state index contributed by atoms with van der Waals surface area (Å²) in [6.45, 7) is 12.8. The largest absolute Gasteiger partial charge is 0.444 e. The zero-order valence-electron chi connectivity index (χ0n) is 21.9. The van der Waals surface area contributed by atoms with Crippen LogP contribution in [0.2, 0.25) is 0 Å². The summed E-state index contributed by atoms with van der Waals surface area (Å²) in [6, 6.07) is 11.3. The van der Waals surface area contributed by atoms with Crippen molar-refractivity contribution in [2.45, 2.75) is 66.2 Å². The Kier molecular flexibility index (Phi) is 9.60. The number of benzene rings is 2. The zero-order chi connectivity index (χ0) is 27.2. The highest BCUT2D eigenvalue weighted by Gasteiger charge is 2.36. The number of hydrogen-bond acceptors (Lipinski definition) is 5. The summed E-state index contributed by atoms with van der Waals surface area (Å²) in [6.07, 6.45) is 5.02. The summed E-state index contributed by atoms with van der Waals surface area (Å²) in [7, 11) is 0. The van der Waals surface area contributed by atoms with Crippen LogP contribution in [-0.4, -0.2) is 40.2 Å². The lowest BCUT2D eigenvalue weighted by Gasteiger charge is -2.30. The van der Waals surface area contributed by atoms with E-state index in [0.29, 0.717) is 11.3 Å². The molecule has 0 aliphatic heterocycles. The van der Waals surface area contributed by atoms with Gasteiger partial charge in [-0.3, -0.25) is 14.5 Å². The number of thiol groups is 1. The number of carbonyl (C=O) groups excluding carboxylic acids is 3. The number of nitrogens with one attached hydrogen (secondary N) is 2. The quantitative estimate of drug-likeness (QED) is 0.283. The molecule has 2 unspecified atom stereocenters. The molecule has 2 N–H and O–H groups in total. The monoisotopic (exact) mass is 509 g/mol. The standard InChI is InChI=1S/C28H35N3O4S/c1-9-31(26(33)22(16-36)29-27(34)35-28(6,7)8)24(21-14-13-17(2)20(5)15-21)25(32)30-23-18(3)11-10-12-19(23)4/h1,10-15,22,24,36H,16H2,2-8H3,(H,29,34)(H,30,32). The number of alkyl carbamates (subject to hydrolysis) is 1. The third kappa shape index (κ3) is 7.28. The number of carbonyl (C=O) groups is 3. The van der Waals surface area contributed by atoms with Gasteiger partial charge in [-0.05, 0) is 76.3 Å². The molecule has 0 saturated carbocycles. The lowest BCUT2D eigenvalue weighted by Crippen LogP contribution is -2.51. The Morgan fingerprint density at radius 2 is 1.64 bits per heavy atom. The molecule has 0 bridgehead atoms. The minimum absolute atomic E-state index is 0.0472. The number of rotatable bonds is 7. The fourth-order valence-electron chi connectivity index (χ4n) is 3.62. The lowest BCUT2D eigenvalue weighted by atomic mass is 9.98. The van der Waals surface area contributed by atoms with Crippen LogP contribution in [0, 0.1) is 40.2 Å². The number of terminal acetylenes is 1. The van der Waals surface area contributed by atoms with Gasteiger partial charge in [-0.1, -0.05) is 42.8 Å². The Hall–Kier alpha value is -3.44. The topological polar surface area (TPSA) is 87.7 Å². The molecule has 0 heterocycles.